The van der Waals surface area contributed by atoms with Gasteiger partial charge >= 0.3 is 12.3 Å². The van der Waals surface area contributed by atoms with Gasteiger partial charge in [0.1, 0.15) is 11.6 Å². The molecule has 1 aliphatic heterocycles. The van der Waals surface area contributed by atoms with Crippen molar-refractivity contribution in [1.82, 2.24) is 4.90 Å². The van der Waals surface area contributed by atoms with E-state index in [9.17, 15) is 22.8 Å². The van der Waals surface area contributed by atoms with Crippen LogP contribution in [-0.4, -0.2) is 22.5 Å². The highest BCUT2D eigenvalue weighted by atomic mass is 19.4. The second-order valence-corrected chi connectivity index (χ2v) is 6.91. The Labute approximate surface area is 160 Å². The molecule has 2 aromatic rings. The van der Waals surface area contributed by atoms with E-state index in [4.69, 9.17) is 4.74 Å². The number of carbonyl (C=O) groups is 2. The Hall–Kier alpha value is -3.09. The molecule has 0 aliphatic carbocycles. The van der Waals surface area contributed by atoms with Gasteiger partial charge in [0.15, 0.2) is 0 Å². The van der Waals surface area contributed by atoms with Crippen molar-refractivity contribution < 1.29 is 27.5 Å². The van der Waals surface area contributed by atoms with Gasteiger partial charge in [0.05, 0.1) is 5.56 Å². The molecule has 1 saturated heterocycles. The zero-order valence-electron chi connectivity index (χ0n) is 15.2. The SMILES string of the molecule is CC1(C)OC(=O)N(C(=O)C=Cc2ccccc2C(F)(F)F)C1c1ccccc1. The highest BCUT2D eigenvalue weighted by Gasteiger charge is 2.50. The fourth-order valence-electron chi connectivity index (χ4n) is 3.29. The topological polar surface area (TPSA) is 46.6 Å². The fourth-order valence-corrected chi connectivity index (χ4v) is 3.29. The van der Waals surface area contributed by atoms with Crippen molar-refractivity contribution >= 4 is 18.1 Å². The Morgan fingerprint density at radius 3 is 2.32 bits per heavy atom. The van der Waals surface area contributed by atoms with Gasteiger partial charge in [0.2, 0.25) is 0 Å². The predicted molar refractivity (Wildman–Crippen MR) is 97.1 cm³/mol. The summed E-state index contributed by atoms with van der Waals surface area (Å²) < 4.78 is 44.7. The lowest BCUT2D eigenvalue weighted by Gasteiger charge is -2.27. The number of hydrogen-bond donors (Lipinski definition) is 0. The lowest BCUT2D eigenvalue weighted by molar-refractivity contribution is -0.137. The van der Waals surface area contributed by atoms with Crippen LogP contribution in [0.4, 0.5) is 18.0 Å². The molecule has 1 aliphatic rings. The van der Waals surface area contributed by atoms with Crippen LogP contribution in [0.3, 0.4) is 0 Å². The summed E-state index contributed by atoms with van der Waals surface area (Å²) in [6.45, 7) is 3.36. The second kappa shape index (κ2) is 7.14. The number of amides is 2. The first-order valence-corrected chi connectivity index (χ1v) is 8.56. The summed E-state index contributed by atoms with van der Waals surface area (Å²) in [4.78, 5) is 26.0. The number of alkyl halides is 3. The van der Waals surface area contributed by atoms with Crippen LogP contribution < -0.4 is 0 Å². The monoisotopic (exact) mass is 389 g/mol. The normalized spacial score (nSPS) is 19.1. The number of nitrogens with zero attached hydrogens (tertiary/aromatic N) is 1. The van der Waals surface area contributed by atoms with Crippen LogP contribution in [0.5, 0.6) is 0 Å². The van der Waals surface area contributed by atoms with Crippen LogP contribution in [0, 0.1) is 0 Å². The number of halogens is 3. The second-order valence-electron chi connectivity index (χ2n) is 6.91. The molecule has 1 heterocycles. The van der Waals surface area contributed by atoms with E-state index in [-0.39, 0.29) is 5.56 Å². The third-order valence-corrected chi connectivity index (χ3v) is 4.49. The number of cyclic esters (lactones) is 1. The molecule has 0 bridgehead atoms. The highest BCUT2D eigenvalue weighted by Crippen LogP contribution is 2.41. The maximum Gasteiger partial charge on any atom is 0.418 e. The van der Waals surface area contributed by atoms with E-state index >= 15 is 0 Å². The van der Waals surface area contributed by atoms with Gasteiger partial charge < -0.3 is 4.74 Å². The largest absolute Gasteiger partial charge is 0.440 e. The third kappa shape index (κ3) is 3.78. The molecule has 0 saturated carbocycles. The smallest absolute Gasteiger partial charge is 0.418 e. The lowest BCUT2D eigenvalue weighted by atomic mass is 9.91. The highest BCUT2D eigenvalue weighted by molar-refractivity contribution is 6.02. The molecule has 1 unspecified atom stereocenters. The minimum absolute atomic E-state index is 0.161. The molecule has 2 aromatic carbocycles. The van der Waals surface area contributed by atoms with Crippen LogP contribution in [0.1, 0.15) is 36.6 Å². The van der Waals surface area contributed by atoms with E-state index in [1.807, 2.05) is 0 Å². The number of rotatable bonds is 3. The minimum atomic E-state index is -4.55. The number of ether oxygens (including phenoxy) is 1. The Balaban J connectivity index is 1.94. The van der Waals surface area contributed by atoms with Crippen molar-refractivity contribution in [3.05, 3.63) is 77.4 Å². The van der Waals surface area contributed by atoms with Gasteiger partial charge in [0.25, 0.3) is 5.91 Å². The van der Waals surface area contributed by atoms with E-state index in [0.29, 0.717) is 5.56 Å². The first-order valence-electron chi connectivity index (χ1n) is 8.56. The molecule has 1 atom stereocenters. The van der Waals surface area contributed by atoms with E-state index < -0.39 is 35.4 Å². The third-order valence-electron chi connectivity index (χ3n) is 4.49. The maximum atomic E-state index is 13.1. The molecular formula is C21H18F3NO3. The molecule has 7 heteroatoms. The summed E-state index contributed by atoms with van der Waals surface area (Å²) in [5, 5.41) is 0. The Kier molecular flexibility index (Phi) is 5.02. The van der Waals surface area contributed by atoms with E-state index in [1.165, 1.54) is 18.2 Å². The Morgan fingerprint density at radius 2 is 1.68 bits per heavy atom. The van der Waals surface area contributed by atoms with Crippen molar-refractivity contribution in [2.45, 2.75) is 31.7 Å². The molecule has 3 rings (SSSR count). The molecule has 0 spiro atoms. The number of benzene rings is 2. The average Bonchev–Trinajstić information content (AvgIpc) is 2.88. The fraction of sp³-hybridized carbons (Fsp3) is 0.238. The zero-order valence-corrected chi connectivity index (χ0v) is 15.2. The number of carbonyl (C=O) groups excluding carboxylic acids is 2. The summed E-state index contributed by atoms with van der Waals surface area (Å²) in [5.74, 6) is -0.749. The quantitative estimate of drug-likeness (QED) is 0.677. The molecular weight excluding hydrogens is 371 g/mol. The molecule has 4 nitrogen and oxygen atoms in total. The molecule has 1 fully saturated rings. The Bertz CT molecular complexity index is 920. The molecule has 28 heavy (non-hydrogen) atoms. The van der Waals surface area contributed by atoms with Crippen LogP contribution in [0.25, 0.3) is 6.08 Å². The number of imide groups is 1. The average molecular weight is 389 g/mol. The molecule has 0 radical (unpaired) electrons. The summed E-state index contributed by atoms with van der Waals surface area (Å²) >= 11 is 0. The zero-order chi connectivity index (χ0) is 20.5. The van der Waals surface area contributed by atoms with E-state index in [2.05, 4.69) is 0 Å². The van der Waals surface area contributed by atoms with Gasteiger partial charge in [-0.3, -0.25) is 4.79 Å². The van der Waals surface area contributed by atoms with Crippen molar-refractivity contribution in [2.75, 3.05) is 0 Å². The minimum Gasteiger partial charge on any atom is -0.440 e. The van der Waals surface area contributed by atoms with Crippen LogP contribution in [0.2, 0.25) is 0 Å². The van der Waals surface area contributed by atoms with Gasteiger partial charge in [-0.2, -0.15) is 13.2 Å². The Morgan fingerprint density at radius 1 is 1.07 bits per heavy atom. The van der Waals surface area contributed by atoms with Crippen LogP contribution >= 0.6 is 0 Å². The summed E-state index contributed by atoms with van der Waals surface area (Å²) in [5.41, 5.74) is -1.31. The summed E-state index contributed by atoms with van der Waals surface area (Å²) in [6.07, 6.45) is -3.36. The van der Waals surface area contributed by atoms with Gasteiger partial charge in [-0.25, -0.2) is 9.69 Å². The van der Waals surface area contributed by atoms with Crippen molar-refractivity contribution in [2.24, 2.45) is 0 Å². The van der Waals surface area contributed by atoms with Gasteiger partial charge in [-0.05, 0) is 37.1 Å². The lowest BCUT2D eigenvalue weighted by Crippen LogP contribution is -2.37. The van der Waals surface area contributed by atoms with Gasteiger partial charge in [-0.15, -0.1) is 0 Å². The van der Waals surface area contributed by atoms with Crippen molar-refractivity contribution in [1.29, 1.82) is 0 Å². The summed E-state index contributed by atoms with van der Waals surface area (Å²) in [7, 11) is 0. The molecule has 0 N–H and O–H groups in total. The molecule has 146 valence electrons. The van der Waals surface area contributed by atoms with E-state index in [0.717, 1.165) is 23.1 Å². The van der Waals surface area contributed by atoms with Crippen LogP contribution in [-0.2, 0) is 15.7 Å². The van der Waals surface area contributed by atoms with Crippen molar-refractivity contribution in [3.8, 4) is 0 Å². The first kappa shape index (κ1) is 19.7. The van der Waals surface area contributed by atoms with Gasteiger partial charge in [-0.1, -0.05) is 48.5 Å². The molecule has 0 aromatic heterocycles. The predicted octanol–water partition coefficient (Wildman–Crippen LogP) is 5.22. The van der Waals surface area contributed by atoms with Crippen LogP contribution in [0.15, 0.2) is 60.7 Å². The van der Waals surface area contributed by atoms with Crippen molar-refractivity contribution in [3.63, 3.8) is 0 Å². The first-order chi connectivity index (χ1) is 13.1. The van der Waals surface area contributed by atoms with Gasteiger partial charge in [0, 0.05) is 6.08 Å². The number of hydrogen-bond acceptors (Lipinski definition) is 3. The maximum absolute atomic E-state index is 13.1. The summed E-state index contributed by atoms with van der Waals surface area (Å²) in [6, 6.07) is 13.1. The standard InChI is InChI=1S/C21H18F3NO3/c1-20(2)18(15-9-4-3-5-10-15)25(19(27)28-20)17(26)13-12-14-8-6-7-11-16(14)21(22,23)24/h3-13,18H,1-2H3. The van der Waals surface area contributed by atoms with E-state index in [1.54, 1.807) is 44.2 Å². The molecule has 2 amide bonds.